The van der Waals surface area contributed by atoms with Crippen LogP contribution in [-0.2, 0) is 0 Å². The zero-order valence-electron chi connectivity index (χ0n) is 15.1. The van der Waals surface area contributed by atoms with Crippen LogP contribution in [0.25, 0.3) is 11.3 Å². The van der Waals surface area contributed by atoms with Gasteiger partial charge in [-0.15, -0.1) is 10.2 Å². The quantitative estimate of drug-likeness (QED) is 0.778. The van der Waals surface area contributed by atoms with Gasteiger partial charge in [0.1, 0.15) is 11.6 Å². The maximum absolute atomic E-state index is 13.9. The molecule has 6 nitrogen and oxygen atoms in total. The van der Waals surface area contributed by atoms with Crippen molar-refractivity contribution in [1.29, 1.82) is 0 Å². The first-order valence-corrected chi connectivity index (χ1v) is 8.98. The zero-order chi connectivity index (χ0) is 20.1. The molecular weight excluding hydrogens is 373 g/mol. The Hall–Kier alpha value is -2.84. The van der Waals surface area contributed by atoms with Gasteiger partial charge in [0, 0.05) is 30.8 Å². The molecule has 28 heavy (non-hydrogen) atoms. The number of hydrogen-bond donors (Lipinski definition) is 2. The minimum Gasteiger partial charge on any atom is -0.465 e. The molecule has 148 valence electrons. The van der Waals surface area contributed by atoms with Crippen molar-refractivity contribution in [3.05, 3.63) is 41.7 Å². The zero-order valence-corrected chi connectivity index (χ0v) is 15.1. The molecule has 4 rings (SSSR count). The molecule has 0 unspecified atom stereocenters. The van der Waals surface area contributed by atoms with E-state index in [2.05, 4.69) is 22.4 Å². The maximum atomic E-state index is 13.9. The highest BCUT2D eigenvalue weighted by molar-refractivity contribution is 5.65. The van der Waals surface area contributed by atoms with E-state index in [1.807, 2.05) is 0 Å². The van der Waals surface area contributed by atoms with Crippen LogP contribution in [0.15, 0.2) is 24.3 Å². The van der Waals surface area contributed by atoms with Crippen molar-refractivity contribution in [3.8, 4) is 11.3 Å². The molecule has 0 bridgehead atoms. The second-order valence-corrected chi connectivity index (χ2v) is 7.85. The van der Waals surface area contributed by atoms with Crippen molar-refractivity contribution >= 4 is 11.9 Å². The summed E-state index contributed by atoms with van der Waals surface area (Å²) in [5, 5.41) is 20.3. The van der Waals surface area contributed by atoms with Crippen LogP contribution < -0.4 is 5.32 Å². The van der Waals surface area contributed by atoms with Crippen molar-refractivity contribution in [1.82, 2.24) is 15.1 Å². The standard InChI is InChI=1S/C19H19F3N4O2/c1-19-7-12(4-10(19)8-26(9-19)18(27)28)23-16-3-2-15(24-25-16)13-5-11(20)6-14(21)17(13)22/h2-3,5-6,10,12H,4,7-9H2,1H3,(H,23,25)(H,27,28)/t10-,12+,19+/m0/s1. The fourth-order valence-corrected chi connectivity index (χ4v) is 4.46. The molecule has 1 aromatic carbocycles. The summed E-state index contributed by atoms with van der Waals surface area (Å²) >= 11 is 0. The van der Waals surface area contributed by atoms with E-state index >= 15 is 0 Å². The van der Waals surface area contributed by atoms with E-state index in [1.54, 1.807) is 6.07 Å². The number of hydrogen-bond acceptors (Lipinski definition) is 4. The number of amides is 1. The number of rotatable bonds is 3. The second-order valence-electron chi connectivity index (χ2n) is 7.85. The number of halogens is 3. The molecule has 3 atom stereocenters. The first-order valence-electron chi connectivity index (χ1n) is 8.98. The highest BCUT2D eigenvalue weighted by Crippen LogP contribution is 2.49. The van der Waals surface area contributed by atoms with Crippen LogP contribution in [0, 0.1) is 28.8 Å². The third kappa shape index (κ3) is 3.25. The molecule has 1 aliphatic heterocycles. The number of benzene rings is 1. The highest BCUT2D eigenvalue weighted by atomic mass is 19.2. The lowest BCUT2D eigenvalue weighted by Gasteiger charge is -2.23. The molecule has 1 saturated carbocycles. The molecule has 9 heteroatoms. The smallest absolute Gasteiger partial charge is 0.407 e. The van der Waals surface area contributed by atoms with E-state index < -0.39 is 23.5 Å². The number of nitrogens with one attached hydrogen (secondary N) is 1. The lowest BCUT2D eigenvalue weighted by molar-refractivity contribution is 0.148. The molecular formula is C19H19F3N4O2. The van der Waals surface area contributed by atoms with Crippen LogP contribution in [0.5, 0.6) is 0 Å². The largest absolute Gasteiger partial charge is 0.465 e. The minimum atomic E-state index is -1.28. The molecule has 0 radical (unpaired) electrons. The van der Waals surface area contributed by atoms with Crippen molar-refractivity contribution in [3.63, 3.8) is 0 Å². The van der Waals surface area contributed by atoms with E-state index in [1.165, 1.54) is 11.0 Å². The first-order chi connectivity index (χ1) is 13.2. The topological polar surface area (TPSA) is 78.4 Å². The van der Waals surface area contributed by atoms with Crippen molar-refractivity contribution in [2.24, 2.45) is 11.3 Å². The molecule has 1 aromatic heterocycles. The SMILES string of the molecule is C[C@]12C[C@H](Nc3ccc(-c4cc(F)cc(F)c4F)nn3)C[C@H]1CN(C(=O)O)C2. The molecule has 2 heterocycles. The van der Waals surface area contributed by atoms with E-state index in [4.69, 9.17) is 0 Å². The number of likely N-dealkylation sites (tertiary alicyclic amines) is 1. The molecule has 2 aromatic rings. The Labute approximate surface area is 159 Å². The monoisotopic (exact) mass is 392 g/mol. The van der Waals surface area contributed by atoms with Crippen molar-refractivity contribution in [2.75, 3.05) is 18.4 Å². The summed E-state index contributed by atoms with van der Waals surface area (Å²) in [5.74, 6) is -2.59. The van der Waals surface area contributed by atoms with Crippen LogP contribution in [0.3, 0.4) is 0 Å². The molecule has 0 spiro atoms. The van der Waals surface area contributed by atoms with Gasteiger partial charge in [0.05, 0.1) is 5.69 Å². The average Bonchev–Trinajstić information content (AvgIpc) is 3.10. The Kier molecular flexibility index (Phi) is 4.40. The number of carboxylic acid groups (broad SMARTS) is 1. The number of nitrogens with zero attached hydrogens (tertiary/aromatic N) is 3. The fraction of sp³-hybridized carbons (Fsp3) is 0.421. The van der Waals surface area contributed by atoms with Gasteiger partial charge in [0.25, 0.3) is 0 Å². The predicted octanol–water partition coefficient (Wildman–Crippen LogP) is 3.75. The van der Waals surface area contributed by atoms with Gasteiger partial charge < -0.3 is 15.3 Å². The van der Waals surface area contributed by atoms with Crippen LogP contribution in [0.2, 0.25) is 0 Å². The Morgan fingerprint density at radius 1 is 1.29 bits per heavy atom. The van der Waals surface area contributed by atoms with Gasteiger partial charge in [0.2, 0.25) is 0 Å². The van der Waals surface area contributed by atoms with E-state index in [0.717, 1.165) is 18.9 Å². The van der Waals surface area contributed by atoms with Gasteiger partial charge in [-0.2, -0.15) is 0 Å². The van der Waals surface area contributed by atoms with Gasteiger partial charge >= 0.3 is 6.09 Å². The lowest BCUT2D eigenvalue weighted by atomic mass is 9.83. The molecule has 1 aliphatic carbocycles. The van der Waals surface area contributed by atoms with Crippen LogP contribution in [0.4, 0.5) is 23.8 Å². The van der Waals surface area contributed by atoms with E-state index in [9.17, 15) is 23.1 Å². The Bertz CT molecular complexity index is 924. The van der Waals surface area contributed by atoms with Crippen LogP contribution in [0.1, 0.15) is 19.8 Å². The lowest BCUT2D eigenvalue weighted by Crippen LogP contribution is -2.31. The molecule has 1 amide bonds. The first kappa shape index (κ1) is 18.5. The second kappa shape index (κ2) is 6.65. The molecule has 2 N–H and O–H groups in total. The Morgan fingerprint density at radius 3 is 2.71 bits per heavy atom. The minimum absolute atomic E-state index is 0.0359. The molecule has 2 fully saturated rings. The summed E-state index contributed by atoms with van der Waals surface area (Å²) in [6, 6.07) is 4.52. The van der Waals surface area contributed by atoms with Crippen LogP contribution in [-0.4, -0.2) is 45.4 Å². The molecule has 1 saturated heterocycles. The van der Waals surface area contributed by atoms with Gasteiger partial charge in [-0.3, -0.25) is 0 Å². The van der Waals surface area contributed by atoms with Crippen LogP contribution >= 0.6 is 0 Å². The Balaban J connectivity index is 1.45. The highest BCUT2D eigenvalue weighted by Gasteiger charge is 2.51. The maximum Gasteiger partial charge on any atom is 0.407 e. The third-order valence-electron chi connectivity index (χ3n) is 5.82. The number of anilines is 1. The van der Waals surface area contributed by atoms with Gasteiger partial charge in [-0.1, -0.05) is 6.92 Å². The Morgan fingerprint density at radius 2 is 2.07 bits per heavy atom. The summed E-state index contributed by atoms with van der Waals surface area (Å²) < 4.78 is 40.6. The van der Waals surface area contributed by atoms with Gasteiger partial charge in [0.15, 0.2) is 11.6 Å². The summed E-state index contributed by atoms with van der Waals surface area (Å²) in [7, 11) is 0. The number of carbonyl (C=O) groups is 1. The summed E-state index contributed by atoms with van der Waals surface area (Å²) in [5.41, 5.74) is -0.326. The molecule has 2 aliphatic rings. The summed E-state index contributed by atoms with van der Waals surface area (Å²) in [6.45, 7) is 3.14. The van der Waals surface area contributed by atoms with Gasteiger partial charge in [-0.25, -0.2) is 18.0 Å². The average molecular weight is 392 g/mol. The van der Waals surface area contributed by atoms with Gasteiger partial charge in [-0.05, 0) is 42.4 Å². The summed E-state index contributed by atoms with van der Waals surface area (Å²) in [4.78, 5) is 12.6. The summed E-state index contributed by atoms with van der Waals surface area (Å²) in [6.07, 6.45) is 0.727. The van der Waals surface area contributed by atoms with E-state index in [0.29, 0.717) is 25.0 Å². The van der Waals surface area contributed by atoms with Crippen molar-refractivity contribution in [2.45, 2.75) is 25.8 Å². The number of fused-ring (bicyclic) bond motifs is 1. The predicted molar refractivity (Wildman–Crippen MR) is 95.2 cm³/mol. The fourth-order valence-electron chi connectivity index (χ4n) is 4.46. The van der Waals surface area contributed by atoms with Crippen molar-refractivity contribution < 1.29 is 23.1 Å². The van der Waals surface area contributed by atoms with E-state index in [-0.39, 0.29) is 28.6 Å². The normalized spacial score (nSPS) is 26.4. The number of aromatic nitrogens is 2. The third-order valence-corrected chi connectivity index (χ3v) is 5.82.